The van der Waals surface area contributed by atoms with Gasteiger partial charge in [0.2, 0.25) is 0 Å². The number of hydrogen-bond donors (Lipinski definition) is 1. The molecule has 0 aliphatic carbocycles. The van der Waals surface area contributed by atoms with Crippen LogP contribution >= 0.6 is 35.3 Å². The number of rotatable bonds is 4. The molecule has 144 valence electrons. The summed E-state index contributed by atoms with van der Waals surface area (Å²) in [5.74, 6) is 0.239. The Morgan fingerprint density at radius 2 is 1.88 bits per heavy atom. The van der Waals surface area contributed by atoms with Crippen molar-refractivity contribution in [2.45, 2.75) is 12.2 Å². The van der Waals surface area contributed by atoms with Gasteiger partial charge in [-0.05, 0) is 24.3 Å². The van der Waals surface area contributed by atoms with Crippen molar-refractivity contribution in [3.8, 4) is 5.75 Å². The summed E-state index contributed by atoms with van der Waals surface area (Å²) in [6, 6.07) is 7.26. The third kappa shape index (κ3) is 4.64. The second kappa shape index (κ2) is 8.80. The zero-order chi connectivity index (χ0) is 18.0. The maximum absolute atomic E-state index is 13.0. The Labute approximate surface area is 165 Å². The highest BCUT2D eigenvalue weighted by atomic mass is 35.5. The van der Waals surface area contributed by atoms with Crippen LogP contribution in [0.3, 0.4) is 0 Å². The first-order valence-corrected chi connectivity index (χ1v) is 9.04. The lowest BCUT2D eigenvalue weighted by atomic mass is 9.99. The highest BCUT2D eigenvalue weighted by Gasteiger charge is 2.33. The van der Waals surface area contributed by atoms with Gasteiger partial charge in [0.25, 0.3) is 0 Å². The number of thiophene rings is 1. The van der Waals surface area contributed by atoms with E-state index in [1.165, 1.54) is 24.5 Å². The normalized spacial score (nSPS) is 16.8. The van der Waals surface area contributed by atoms with Crippen molar-refractivity contribution in [2.75, 3.05) is 33.3 Å². The summed E-state index contributed by atoms with van der Waals surface area (Å²) in [6.07, 6.45) is -4.40. The topological polar surface area (TPSA) is 24.5 Å². The summed E-state index contributed by atoms with van der Waals surface area (Å²) in [5.41, 5.74) is 0.00675. The predicted octanol–water partition coefficient (Wildman–Crippen LogP) is 4.85. The molecule has 0 amide bonds. The summed E-state index contributed by atoms with van der Waals surface area (Å²) in [6.45, 7) is 3.26. The predicted molar refractivity (Wildman–Crippen MR) is 101 cm³/mol. The van der Waals surface area contributed by atoms with Crippen LogP contribution in [0.4, 0.5) is 13.2 Å². The molecular weight excluding hydrogens is 408 g/mol. The number of nitrogens with one attached hydrogen (secondary N) is 1. The molecule has 0 unspecified atom stereocenters. The zero-order valence-electron chi connectivity index (χ0n) is 14.0. The molecule has 1 aliphatic rings. The molecule has 1 aromatic carbocycles. The molecule has 0 radical (unpaired) electrons. The van der Waals surface area contributed by atoms with Crippen LogP contribution in [0.15, 0.2) is 30.3 Å². The maximum atomic E-state index is 13.0. The highest BCUT2D eigenvalue weighted by Crippen LogP contribution is 2.41. The fraction of sp³-hybridized carbons (Fsp3) is 0.412. The monoisotopic (exact) mass is 426 g/mol. The van der Waals surface area contributed by atoms with Crippen LogP contribution in [-0.4, -0.2) is 38.2 Å². The Morgan fingerprint density at radius 3 is 2.42 bits per heavy atom. The summed E-state index contributed by atoms with van der Waals surface area (Å²) in [5, 5.41) is 3.29. The molecule has 3 nitrogen and oxygen atoms in total. The van der Waals surface area contributed by atoms with Crippen LogP contribution < -0.4 is 10.1 Å². The van der Waals surface area contributed by atoms with E-state index in [-0.39, 0.29) is 24.2 Å². The van der Waals surface area contributed by atoms with Crippen LogP contribution in [0.2, 0.25) is 4.34 Å². The molecule has 9 heteroatoms. The van der Waals surface area contributed by atoms with Crippen LogP contribution in [0.25, 0.3) is 0 Å². The number of alkyl halides is 3. The average molecular weight is 427 g/mol. The molecule has 1 atom stereocenters. The lowest BCUT2D eigenvalue weighted by molar-refractivity contribution is -0.137. The second-order valence-electron chi connectivity index (χ2n) is 5.78. The molecule has 3 rings (SSSR count). The van der Waals surface area contributed by atoms with E-state index in [9.17, 15) is 13.2 Å². The van der Waals surface area contributed by atoms with Crippen molar-refractivity contribution in [1.82, 2.24) is 10.2 Å². The van der Waals surface area contributed by atoms with Gasteiger partial charge in [-0.2, -0.15) is 13.2 Å². The molecule has 0 bridgehead atoms. The fourth-order valence-electron chi connectivity index (χ4n) is 3.06. The fourth-order valence-corrected chi connectivity index (χ4v) is 4.27. The molecule has 1 saturated heterocycles. The molecule has 2 aromatic rings. The number of ether oxygens (including phenoxy) is 1. The van der Waals surface area contributed by atoms with Gasteiger partial charge in [-0.15, -0.1) is 23.7 Å². The smallest absolute Gasteiger partial charge is 0.416 e. The molecule has 1 aromatic heterocycles. The van der Waals surface area contributed by atoms with Crippen molar-refractivity contribution < 1.29 is 17.9 Å². The summed E-state index contributed by atoms with van der Waals surface area (Å²) >= 11 is 7.54. The Bertz CT molecular complexity index is 733. The molecule has 1 aliphatic heterocycles. The number of hydrogen-bond acceptors (Lipinski definition) is 4. The molecule has 1 N–H and O–H groups in total. The van der Waals surface area contributed by atoms with Crippen molar-refractivity contribution in [2.24, 2.45) is 0 Å². The standard InChI is InChI=1S/C17H18ClF3N2OS.ClH/c1-24-13-10-11(17(19,20)21)2-3-12(13)16(14-4-5-15(18)25-14)23-8-6-22-7-9-23;/h2-5,10,16,22H,6-9H2,1H3;1H/t16-;/m1./s1. The molecular formula is C17H19Cl2F3N2OS. The van der Waals surface area contributed by atoms with Crippen molar-refractivity contribution in [1.29, 1.82) is 0 Å². The van der Waals surface area contributed by atoms with E-state index in [0.29, 0.717) is 4.34 Å². The van der Waals surface area contributed by atoms with Gasteiger partial charge in [0.15, 0.2) is 0 Å². The summed E-state index contributed by atoms with van der Waals surface area (Å²) in [4.78, 5) is 3.23. The van der Waals surface area contributed by atoms with E-state index in [1.54, 1.807) is 0 Å². The van der Waals surface area contributed by atoms with Crippen molar-refractivity contribution >= 4 is 35.3 Å². The maximum Gasteiger partial charge on any atom is 0.416 e. The van der Waals surface area contributed by atoms with Gasteiger partial charge in [0.1, 0.15) is 5.75 Å². The van der Waals surface area contributed by atoms with E-state index in [0.717, 1.165) is 48.8 Å². The lowest BCUT2D eigenvalue weighted by Crippen LogP contribution is -2.45. The van der Waals surface area contributed by atoms with Crippen LogP contribution in [-0.2, 0) is 6.18 Å². The lowest BCUT2D eigenvalue weighted by Gasteiger charge is -2.35. The highest BCUT2D eigenvalue weighted by molar-refractivity contribution is 7.16. The van der Waals surface area contributed by atoms with E-state index < -0.39 is 11.7 Å². The average Bonchev–Trinajstić information content (AvgIpc) is 3.01. The minimum Gasteiger partial charge on any atom is -0.496 e. The molecule has 26 heavy (non-hydrogen) atoms. The largest absolute Gasteiger partial charge is 0.496 e. The van der Waals surface area contributed by atoms with Crippen molar-refractivity contribution in [3.63, 3.8) is 0 Å². The second-order valence-corrected chi connectivity index (χ2v) is 7.53. The third-order valence-electron chi connectivity index (χ3n) is 4.24. The van der Waals surface area contributed by atoms with Crippen LogP contribution in [0.1, 0.15) is 22.0 Å². The number of methoxy groups -OCH3 is 1. The van der Waals surface area contributed by atoms with E-state index in [2.05, 4.69) is 10.2 Å². The number of nitrogens with zero attached hydrogens (tertiary/aromatic N) is 1. The third-order valence-corrected chi connectivity index (χ3v) is 5.52. The SMILES string of the molecule is COc1cc(C(F)(F)F)ccc1[C@H](c1ccc(Cl)s1)N1CCNCC1.Cl. The van der Waals surface area contributed by atoms with Gasteiger partial charge in [0, 0.05) is 36.6 Å². The van der Waals surface area contributed by atoms with Gasteiger partial charge in [0.05, 0.1) is 23.1 Å². The Morgan fingerprint density at radius 1 is 1.19 bits per heavy atom. The first kappa shape index (κ1) is 21.3. The van der Waals surface area contributed by atoms with Gasteiger partial charge in [-0.1, -0.05) is 17.7 Å². The Hall–Kier alpha value is -0.990. The summed E-state index contributed by atoms with van der Waals surface area (Å²) in [7, 11) is 1.40. The minimum atomic E-state index is -4.40. The van der Waals surface area contributed by atoms with Gasteiger partial charge in [-0.25, -0.2) is 0 Å². The summed E-state index contributed by atoms with van der Waals surface area (Å²) < 4.78 is 45.0. The van der Waals surface area contributed by atoms with Gasteiger partial charge >= 0.3 is 6.18 Å². The number of piperazine rings is 1. The first-order valence-electron chi connectivity index (χ1n) is 7.85. The number of benzene rings is 1. The van der Waals surface area contributed by atoms with Crippen molar-refractivity contribution in [3.05, 3.63) is 50.7 Å². The molecule has 1 fully saturated rings. The molecule has 0 spiro atoms. The zero-order valence-corrected chi connectivity index (χ0v) is 16.4. The van der Waals surface area contributed by atoms with Gasteiger partial charge < -0.3 is 10.1 Å². The molecule has 0 saturated carbocycles. The molecule has 2 heterocycles. The Kier molecular flexibility index (Phi) is 7.21. The first-order chi connectivity index (χ1) is 11.9. The van der Waals surface area contributed by atoms with E-state index in [4.69, 9.17) is 16.3 Å². The van der Waals surface area contributed by atoms with E-state index >= 15 is 0 Å². The number of halogens is 5. The van der Waals surface area contributed by atoms with Gasteiger partial charge in [-0.3, -0.25) is 4.90 Å². The quantitative estimate of drug-likeness (QED) is 0.756. The minimum absolute atomic E-state index is 0. The van der Waals surface area contributed by atoms with E-state index in [1.807, 2.05) is 12.1 Å². The van der Waals surface area contributed by atoms with Crippen LogP contribution in [0, 0.1) is 0 Å². The Balaban J connectivity index is 0.00000243. The van der Waals surface area contributed by atoms with Crippen LogP contribution in [0.5, 0.6) is 5.75 Å².